The van der Waals surface area contributed by atoms with E-state index in [0.29, 0.717) is 19.3 Å². The van der Waals surface area contributed by atoms with Gasteiger partial charge in [0.2, 0.25) is 0 Å². The van der Waals surface area contributed by atoms with Gasteiger partial charge in [0.1, 0.15) is 13.2 Å². The maximum absolute atomic E-state index is 12.8. The number of rotatable bonds is 44. The van der Waals surface area contributed by atoms with E-state index in [1.54, 1.807) is 0 Å². The molecule has 0 fully saturated rings. The maximum Gasteiger partial charge on any atom is 0.306 e. The highest BCUT2D eigenvalue weighted by Crippen LogP contribution is 2.14. The molecule has 1 atom stereocenters. The molecule has 0 saturated carbocycles. The zero-order chi connectivity index (χ0) is 44.4. The SMILES string of the molecule is CC/C=C\C/C=C\C/C=C\C/C=C\CCCCCCC(=O)OC[C@H](COC(=O)CCCCCCC/C=C\C/C=C\C/C=C\CC)OC(=O)CCCCCCCCCCCCC. The second-order valence-electron chi connectivity index (χ2n) is 16.3. The maximum atomic E-state index is 12.8. The summed E-state index contributed by atoms with van der Waals surface area (Å²) < 4.78 is 16.7. The van der Waals surface area contributed by atoms with Gasteiger partial charge in [0.25, 0.3) is 0 Å². The average Bonchev–Trinajstić information content (AvgIpc) is 3.26. The van der Waals surface area contributed by atoms with Crippen molar-refractivity contribution in [3.05, 3.63) is 85.1 Å². The molecule has 6 heteroatoms. The van der Waals surface area contributed by atoms with Crippen LogP contribution >= 0.6 is 0 Å². The molecule has 0 aliphatic carbocycles. The third-order valence-corrected chi connectivity index (χ3v) is 10.4. The van der Waals surface area contributed by atoms with Crippen LogP contribution in [0.25, 0.3) is 0 Å². The molecular weight excluding hydrogens is 757 g/mol. The third-order valence-electron chi connectivity index (χ3n) is 10.4. The molecule has 0 amide bonds. The second-order valence-corrected chi connectivity index (χ2v) is 16.3. The van der Waals surface area contributed by atoms with Crippen molar-refractivity contribution >= 4 is 17.9 Å². The number of carbonyl (C=O) groups excluding carboxylic acids is 3. The van der Waals surface area contributed by atoms with E-state index in [9.17, 15) is 14.4 Å². The van der Waals surface area contributed by atoms with E-state index >= 15 is 0 Å². The second kappa shape index (κ2) is 49.2. The van der Waals surface area contributed by atoms with Crippen molar-refractivity contribution in [2.24, 2.45) is 0 Å². The van der Waals surface area contributed by atoms with Gasteiger partial charge in [-0.05, 0) is 89.9 Å². The average molecular weight is 849 g/mol. The van der Waals surface area contributed by atoms with Crippen LogP contribution in [0.5, 0.6) is 0 Å². The van der Waals surface area contributed by atoms with Gasteiger partial charge in [0.05, 0.1) is 0 Å². The van der Waals surface area contributed by atoms with Gasteiger partial charge < -0.3 is 14.2 Å². The fourth-order valence-electron chi connectivity index (χ4n) is 6.68. The fourth-order valence-corrected chi connectivity index (χ4v) is 6.68. The normalized spacial score (nSPS) is 12.8. The van der Waals surface area contributed by atoms with Gasteiger partial charge in [-0.25, -0.2) is 0 Å². The first kappa shape index (κ1) is 57.6. The quantitative estimate of drug-likeness (QED) is 0.0263. The van der Waals surface area contributed by atoms with Crippen LogP contribution in [-0.4, -0.2) is 37.2 Å². The summed E-state index contributed by atoms with van der Waals surface area (Å²) in [7, 11) is 0. The number of hydrogen-bond acceptors (Lipinski definition) is 6. The number of ether oxygens (including phenoxy) is 3. The zero-order valence-corrected chi connectivity index (χ0v) is 39.7. The molecule has 6 nitrogen and oxygen atoms in total. The molecule has 0 spiro atoms. The molecule has 0 rings (SSSR count). The van der Waals surface area contributed by atoms with Gasteiger partial charge in [-0.3, -0.25) is 14.4 Å². The Kier molecular flexibility index (Phi) is 46.5. The number of carbonyl (C=O) groups is 3. The number of esters is 3. The lowest BCUT2D eigenvalue weighted by Crippen LogP contribution is -2.30. The summed E-state index contributed by atoms with van der Waals surface area (Å²) in [6, 6.07) is 0. The Balaban J connectivity index is 4.43. The van der Waals surface area contributed by atoms with Gasteiger partial charge in [0.15, 0.2) is 6.10 Å². The Labute approximate surface area is 375 Å². The summed E-state index contributed by atoms with van der Waals surface area (Å²) in [5.41, 5.74) is 0. The molecule has 0 aliphatic rings. The molecular formula is C55H92O6. The first-order chi connectivity index (χ1) is 30.0. The number of hydrogen-bond donors (Lipinski definition) is 0. The van der Waals surface area contributed by atoms with Crippen LogP contribution in [-0.2, 0) is 28.6 Å². The lowest BCUT2D eigenvalue weighted by atomic mass is 10.1. The minimum atomic E-state index is -0.791. The third kappa shape index (κ3) is 47.5. The summed E-state index contributed by atoms with van der Waals surface area (Å²) in [6.45, 7) is 6.36. The zero-order valence-electron chi connectivity index (χ0n) is 39.7. The Morgan fingerprint density at radius 1 is 0.344 bits per heavy atom. The van der Waals surface area contributed by atoms with Crippen molar-refractivity contribution in [2.75, 3.05) is 13.2 Å². The van der Waals surface area contributed by atoms with E-state index < -0.39 is 6.10 Å². The topological polar surface area (TPSA) is 78.9 Å². The predicted molar refractivity (Wildman–Crippen MR) is 261 cm³/mol. The molecule has 0 radical (unpaired) electrons. The summed E-state index contributed by atoms with van der Waals surface area (Å²) in [6.07, 6.45) is 62.8. The van der Waals surface area contributed by atoms with E-state index in [0.717, 1.165) is 135 Å². The highest BCUT2D eigenvalue weighted by atomic mass is 16.6. The fraction of sp³-hybridized carbons (Fsp3) is 0.691. The predicted octanol–water partition coefficient (Wildman–Crippen LogP) is 16.4. The molecule has 0 N–H and O–H groups in total. The van der Waals surface area contributed by atoms with Crippen molar-refractivity contribution in [3.63, 3.8) is 0 Å². The first-order valence-electron chi connectivity index (χ1n) is 25.1. The molecule has 0 unspecified atom stereocenters. The van der Waals surface area contributed by atoms with Crippen LogP contribution in [0.2, 0.25) is 0 Å². The molecule has 0 aromatic rings. The van der Waals surface area contributed by atoms with Crippen molar-refractivity contribution in [3.8, 4) is 0 Å². The molecule has 348 valence electrons. The van der Waals surface area contributed by atoms with Crippen LogP contribution < -0.4 is 0 Å². The lowest BCUT2D eigenvalue weighted by molar-refractivity contribution is -0.167. The van der Waals surface area contributed by atoms with Crippen molar-refractivity contribution in [1.29, 1.82) is 0 Å². The smallest absolute Gasteiger partial charge is 0.306 e. The van der Waals surface area contributed by atoms with Crippen molar-refractivity contribution in [1.82, 2.24) is 0 Å². The summed E-state index contributed by atoms with van der Waals surface area (Å²) in [5, 5.41) is 0. The molecule has 0 heterocycles. The van der Waals surface area contributed by atoms with Crippen molar-refractivity contribution in [2.45, 2.75) is 232 Å². The van der Waals surface area contributed by atoms with Gasteiger partial charge in [-0.2, -0.15) is 0 Å². The van der Waals surface area contributed by atoms with E-state index in [1.807, 2.05) is 0 Å². The van der Waals surface area contributed by atoms with Crippen LogP contribution in [0.15, 0.2) is 85.1 Å². The van der Waals surface area contributed by atoms with Gasteiger partial charge >= 0.3 is 17.9 Å². The van der Waals surface area contributed by atoms with Crippen LogP contribution in [0, 0.1) is 0 Å². The molecule has 0 bridgehead atoms. The van der Waals surface area contributed by atoms with E-state index in [-0.39, 0.29) is 31.1 Å². The highest BCUT2D eigenvalue weighted by molar-refractivity contribution is 5.71. The van der Waals surface area contributed by atoms with Gasteiger partial charge in [-0.1, -0.05) is 202 Å². The van der Waals surface area contributed by atoms with E-state index in [1.165, 1.54) is 51.4 Å². The minimum absolute atomic E-state index is 0.0929. The summed E-state index contributed by atoms with van der Waals surface area (Å²) in [5.74, 6) is -0.934. The first-order valence-corrected chi connectivity index (χ1v) is 25.1. The van der Waals surface area contributed by atoms with Crippen LogP contribution in [0.1, 0.15) is 226 Å². The summed E-state index contributed by atoms with van der Waals surface area (Å²) >= 11 is 0. The standard InChI is InChI=1S/C55H92O6/c1-4-7-10-13-16-19-22-24-26-27-29-31-34-36-39-42-45-48-54(57)60-51-52(61-55(58)49-46-43-40-37-32-21-18-15-12-9-6-3)50-59-53(56)47-44-41-38-35-33-30-28-25-23-20-17-14-11-8-5-2/h7-8,10-11,16-17,19-20,24-26,28-29,31,52H,4-6,9,12-15,18,21-23,27,30,32-51H2,1-3H3/b10-7-,11-8-,19-16-,20-17-,26-24-,28-25-,31-29-/t52-/m0/s1. The van der Waals surface area contributed by atoms with Crippen LogP contribution in [0.3, 0.4) is 0 Å². The number of unbranched alkanes of at least 4 members (excludes halogenated alkanes) is 19. The van der Waals surface area contributed by atoms with Gasteiger partial charge in [0, 0.05) is 19.3 Å². The molecule has 0 aliphatic heterocycles. The molecule has 0 saturated heterocycles. The largest absolute Gasteiger partial charge is 0.462 e. The Bertz CT molecular complexity index is 1200. The van der Waals surface area contributed by atoms with Crippen LogP contribution in [0.4, 0.5) is 0 Å². The van der Waals surface area contributed by atoms with E-state index in [2.05, 4.69) is 106 Å². The molecule has 0 aromatic carbocycles. The molecule has 61 heavy (non-hydrogen) atoms. The Morgan fingerprint density at radius 2 is 0.639 bits per heavy atom. The van der Waals surface area contributed by atoms with E-state index in [4.69, 9.17) is 14.2 Å². The summed E-state index contributed by atoms with van der Waals surface area (Å²) in [4.78, 5) is 37.9. The Morgan fingerprint density at radius 3 is 1.00 bits per heavy atom. The van der Waals surface area contributed by atoms with Gasteiger partial charge in [-0.15, -0.1) is 0 Å². The van der Waals surface area contributed by atoms with Crippen molar-refractivity contribution < 1.29 is 28.6 Å². The Hall–Kier alpha value is -3.41. The minimum Gasteiger partial charge on any atom is -0.462 e. The lowest BCUT2D eigenvalue weighted by Gasteiger charge is -2.18. The monoisotopic (exact) mass is 849 g/mol. The molecule has 0 aromatic heterocycles. The number of allylic oxidation sites excluding steroid dienone is 14. The highest BCUT2D eigenvalue weighted by Gasteiger charge is 2.19.